The molecule has 0 aliphatic rings. The summed E-state index contributed by atoms with van der Waals surface area (Å²) in [7, 11) is 0. The summed E-state index contributed by atoms with van der Waals surface area (Å²) in [5, 5.41) is 22.3. The molecule has 0 atom stereocenters. The van der Waals surface area contributed by atoms with Gasteiger partial charge in [0.25, 0.3) is 11.8 Å². The first-order chi connectivity index (χ1) is 25.0. The van der Waals surface area contributed by atoms with Gasteiger partial charge in [-0.25, -0.2) is 24.5 Å². The molecular formula is C32H21F12N5O6. The fourth-order valence-corrected chi connectivity index (χ4v) is 4.46. The Labute approximate surface area is 299 Å². The third kappa shape index (κ3) is 10.7. The maximum absolute atomic E-state index is 13.1. The van der Waals surface area contributed by atoms with Crippen molar-refractivity contribution in [3.8, 4) is 0 Å². The van der Waals surface area contributed by atoms with E-state index in [4.69, 9.17) is 10.2 Å². The van der Waals surface area contributed by atoms with E-state index in [1.54, 1.807) is 19.9 Å². The van der Waals surface area contributed by atoms with Crippen LogP contribution in [0.3, 0.4) is 0 Å². The molecule has 4 aromatic rings. The van der Waals surface area contributed by atoms with Crippen LogP contribution in [0, 0.1) is 20.8 Å². The van der Waals surface area contributed by atoms with Crippen LogP contribution in [-0.2, 0) is 24.7 Å². The quantitative estimate of drug-likeness (QED) is 0.140. The molecule has 2 heterocycles. The Morgan fingerprint density at radius 1 is 0.527 bits per heavy atom. The van der Waals surface area contributed by atoms with Gasteiger partial charge in [0.05, 0.1) is 44.5 Å². The van der Waals surface area contributed by atoms with E-state index in [-0.39, 0.29) is 41.7 Å². The predicted molar refractivity (Wildman–Crippen MR) is 163 cm³/mol. The monoisotopic (exact) mass is 799 g/mol. The SMILES string of the molecule is Cc1ccc(NC(=O)c2cc(C(F)(F)F)c(C(F)(F)F)cc2C(=O)O)nc1C.Cc1nccc(NC(=O)c2cc(C(F)(F)F)c(C(F)(F)F)cc2C(=O)O)n1. The molecule has 4 rings (SSSR count). The lowest BCUT2D eigenvalue weighted by molar-refractivity contribution is -0.162. The van der Waals surface area contributed by atoms with E-state index < -0.39 is 93.0 Å². The number of hydrogen-bond donors (Lipinski definition) is 4. The minimum absolute atomic E-state index is 0.0992. The van der Waals surface area contributed by atoms with Crippen molar-refractivity contribution in [2.45, 2.75) is 45.5 Å². The van der Waals surface area contributed by atoms with E-state index in [1.807, 2.05) is 5.32 Å². The van der Waals surface area contributed by atoms with Crippen molar-refractivity contribution in [3.05, 3.63) is 110 Å². The number of carboxylic acid groups (broad SMARTS) is 2. The standard InChI is InChI=1S/C17H12F6N2O3.C15H9F6N3O3/c1-7-3-4-13(24-8(7)2)25-14(26)9-5-11(16(18,19)20)12(17(21,22)23)6-10(9)15(27)28;1-6-22-3-2-11(23-6)24-12(25)7-4-9(14(16,17)18)10(15(19,20)21)5-8(7)13(26)27/h3-6H,1-2H3,(H,27,28)(H,24,25,26);2-5H,1H3,(H,26,27)(H,22,23,24,25). The molecule has 0 aliphatic carbocycles. The molecule has 2 aromatic carbocycles. The second-order valence-corrected chi connectivity index (χ2v) is 11.0. The van der Waals surface area contributed by atoms with Crippen LogP contribution in [0.5, 0.6) is 0 Å². The number of nitrogens with one attached hydrogen (secondary N) is 2. The first-order valence-electron chi connectivity index (χ1n) is 14.5. The van der Waals surface area contributed by atoms with E-state index in [1.165, 1.54) is 25.3 Å². The van der Waals surface area contributed by atoms with Crippen LogP contribution in [0.25, 0.3) is 0 Å². The number of halogens is 12. The topological polar surface area (TPSA) is 171 Å². The van der Waals surface area contributed by atoms with Gasteiger partial charge in [0.15, 0.2) is 0 Å². The Bertz CT molecular complexity index is 2160. The number of aromatic carboxylic acids is 2. The average Bonchev–Trinajstić information content (AvgIpc) is 3.03. The number of alkyl halides is 12. The normalized spacial score (nSPS) is 12.0. The molecule has 0 radical (unpaired) electrons. The summed E-state index contributed by atoms with van der Waals surface area (Å²) in [5.41, 5.74) is -12.1. The molecule has 11 nitrogen and oxygen atoms in total. The van der Waals surface area contributed by atoms with Crippen molar-refractivity contribution in [2.75, 3.05) is 10.6 Å². The zero-order valence-corrected chi connectivity index (χ0v) is 27.5. The molecule has 0 bridgehead atoms. The lowest BCUT2D eigenvalue weighted by Crippen LogP contribution is -2.23. The van der Waals surface area contributed by atoms with Gasteiger partial charge in [0.2, 0.25) is 0 Å². The summed E-state index contributed by atoms with van der Waals surface area (Å²) in [6.07, 6.45) is -20.7. The smallest absolute Gasteiger partial charge is 0.417 e. The molecule has 2 aromatic heterocycles. The summed E-state index contributed by atoms with van der Waals surface area (Å²) in [6, 6.07) is 3.34. The molecule has 2 amide bonds. The highest BCUT2D eigenvalue weighted by atomic mass is 19.4. The van der Waals surface area contributed by atoms with Crippen molar-refractivity contribution >= 4 is 35.4 Å². The Hall–Kier alpha value is -6.29. The van der Waals surface area contributed by atoms with Gasteiger partial charge in [-0.15, -0.1) is 0 Å². The van der Waals surface area contributed by atoms with Gasteiger partial charge in [-0.3, -0.25) is 9.59 Å². The zero-order valence-electron chi connectivity index (χ0n) is 27.5. The highest BCUT2D eigenvalue weighted by Gasteiger charge is 2.46. The number of aryl methyl sites for hydroxylation is 3. The van der Waals surface area contributed by atoms with E-state index in [0.717, 1.165) is 5.56 Å². The molecule has 0 saturated heterocycles. The van der Waals surface area contributed by atoms with Crippen molar-refractivity contribution in [1.82, 2.24) is 15.0 Å². The van der Waals surface area contributed by atoms with Gasteiger partial charge in [-0.1, -0.05) is 6.07 Å². The number of carboxylic acids is 2. The summed E-state index contributed by atoms with van der Waals surface area (Å²) < 4.78 is 156. The predicted octanol–water partition coefficient (Wildman–Crippen LogP) is 8.46. The van der Waals surface area contributed by atoms with E-state index >= 15 is 0 Å². The molecule has 0 spiro atoms. The van der Waals surface area contributed by atoms with Gasteiger partial charge in [-0.2, -0.15) is 52.7 Å². The molecule has 0 unspecified atom stereocenters. The van der Waals surface area contributed by atoms with Crippen LogP contribution in [0.2, 0.25) is 0 Å². The summed E-state index contributed by atoms with van der Waals surface area (Å²) >= 11 is 0. The number of rotatable bonds is 6. The van der Waals surface area contributed by atoms with Crippen LogP contribution in [0.1, 0.15) is 80.8 Å². The highest BCUT2D eigenvalue weighted by molar-refractivity contribution is 6.11. The number of aromatic nitrogens is 3. The number of pyridine rings is 1. The third-order valence-corrected chi connectivity index (χ3v) is 7.10. The van der Waals surface area contributed by atoms with Crippen molar-refractivity contribution < 1.29 is 82.1 Å². The van der Waals surface area contributed by atoms with Crippen molar-refractivity contribution in [2.24, 2.45) is 0 Å². The minimum atomic E-state index is -5.48. The highest BCUT2D eigenvalue weighted by Crippen LogP contribution is 2.43. The maximum atomic E-state index is 13.1. The van der Waals surface area contributed by atoms with E-state index in [9.17, 15) is 71.9 Å². The number of anilines is 2. The van der Waals surface area contributed by atoms with Crippen molar-refractivity contribution in [1.29, 1.82) is 0 Å². The summed E-state index contributed by atoms with van der Waals surface area (Å²) in [6.45, 7) is 4.74. The average molecular weight is 800 g/mol. The maximum Gasteiger partial charge on any atom is 0.417 e. The number of amides is 2. The molecule has 0 saturated carbocycles. The van der Waals surface area contributed by atoms with Gasteiger partial charge in [0.1, 0.15) is 17.5 Å². The Morgan fingerprint density at radius 2 is 0.873 bits per heavy atom. The van der Waals surface area contributed by atoms with Gasteiger partial charge in [-0.05, 0) is 62.7 Å². The Kier molecular flexibility index (Phi) is 12.2. The van der Waals surface area contributed by atoms with Crippen LogP contribution in [0.4, 0.5) is 64.3 Å². The molecule has 4 N–H and O–H groups in total. The summed E-state index contributed by atoms with van der Waals surface area (Å²) in [4.78, 5) is 58.4. The van der Waals surface area contributed by atoms with E-state index in [2.05, 4.69) is 20.3 Å². The number of nitrogens with zero attached hydrogens (tertiary/aromatic N) is 3. The van der Waals surface area contributed by atoms with Crippen LogP contribution >= 0.6 is 0 Å². The molecule has 23 heteroatoms. The second-order valence-electron chi connectivity index (χ2n) is 11.0. The second kappa shape index (κ2) is 15.6. The lowest BCUT2D eigenvalue weighted by atomic mass is 9.96. The number of hydrogen-bond acceptors (Lipinski definition) is 7. The van der Waals surface area contributed by atoms with Gasteiger partial charge < -0.3 is 20.8 Å². The zero-order chi connectivity index (χ0) is 42.0. The first kappa shape index (κ1) is 43.1. The molecule has 294 valence electrons. The molecule has 0 aliphatic heterocycles. The first-order valence-corrected chi connectivity index (χ1v) is 14.5. The molecule has 55 heavy (non-hydrogen) atoms. The van der Waals surface area contributed by atoms with Crippen molar-refractivity contribution in [3.63, 3.8) is 0 Å². The number of carbonyl (C=O) groups is 4. The van der Waals surface area contributed by atoms with E-state index in [0.29, 0.717) is 5.69 Å². The third-order valence-electron chi connectivity index (χ3n) is 7.10. The lowest BCUT2D eigenvalue weighted by Gasteiger charge is -2.18. The summed E-state index contributed by atoms with van der Waals surface area (Å²) in [5.74, 6) is -6.78. The van der Waals surface area contributed by atoms with Gasteiger partial charge in [0, 0.05) is 11.9 Å². The fraction of sp³-hybridized carbons (Fsp3) is 0.219. The van der Waals surface area contributed by atoms with Crippen LogP contribution < -0.4 is 10.6 Å². The largest absolute Gasteiger partial charge is 0.478 e. The molecule has 0 fully saturated rings. The number of benzene rings is 2. The Balaban J connectivity index is 0.000000296. The van der Waals surface area contributed by atoms with Crippen LogP contribution in [-0.4, -0.2) is 48.9 Å². The Morgan fingerprint density at radius 3 is 1.18 bits per heavy atom. The minimum Gasteiger partial charge on any atom is -0.478 e. The van der Waals surface area contributed by atoms with Crippen LogP contribution in [0.15, 0.2) is 48.7 Å². The fourth-order valence-electron chi connectivity index (χ4n) is 4.46. The van der Waals surface area contributed by atoms with Gasteiger partial charge >= 0.3 is 36.6 Å². The number of carbonyl (C=O) groups excluding carboxylic acids is 2. The molecular weight excluding hydrogens is 778 g/mol.